The summed E-state index contributed by atoms with van der Waals surface area (Å²) in [4.78, 5) is 0. The molecule has 2 nitrogen and oxygen atoms in total. The van der Waals surface area contributed by atoms with Crippen LogP contribution in [-0.2, 0) is 0 Å². The molecule has 0 aromatic rings. The van der Waals surface area contributed by atoms with Crippen LogP contribution in [0.25, 0.3) is 0 Å². The van der Waals surface area contributed by atoms with Crippen LogP contribution in [0.1, 0.15) is 40.5 Å². The summed E-state index contributed by atoms with van der Waals surface area (Å²) in [7, 11) is 0. The molecule has 0 aromatic heterocycles. The molecule has 1 saturated heterocycles. The summed E-state index contributed by atoms with van der Waals surface area (Å²) in [6, 6.07) is 1.43. The minimum Gasteiger partial charge on any atom is -0.321 e. The Kier molecular flexibility index (Phi) is 4.39. The summed E-state index contributed by atoms with van der Waals surface area (Å²) in [6.07, 6.45) is 2.86. The average Bonchev–Trinajstić information content (AvgIpc) is 2.53. The first-order valence-corrected chi connectivity index (χ1v) is 6.16. The molecule has 1 fully saturated rings. The van der Waals surface area contributed by atoms with Gasteiger partial charge in [-0.1, -0.05) is 13.8 Å². The molecule has 0 aromatic carbocycles. The molecule has 1 aliphatic rings. The molecule has 14 heavy (non-hydrogen) atoms. The van der Waals surface area contributed by atoms with Gasteiger partial charge in [0.2, 0.25) is 0 Å². The zero-order chi connectivity index (χ0) is 10.6. The van der Waals surface area contributed by atoms with Gasteiger partial charge in [-0.25, -0.2) is 0 Å². The number of nitrogens with zero attached hydrogens (tertiary/aromatic N) is 1. The van der Waals surface area contributed by atoms with Crippen LogP contribution >= 0.6 is 0 Å². The third-order valence-electron chi connectivity index (χ3n) is 3.66. The Morgan fingerprint density at radius 1 is 1.07 bits per heavy atom. The summed E-state index contributed by atoms with van der Waals surface area (Å²) in [6.45, 7) is 14.5. The second-order valence-electron chi connectivity index (χ2n) is 5.30. The third kappa shape index (κ3) is 2.96. The summed E-state index contributed by atoms with van der Waals surface area (Å²) in [5.74, 6) is 0. The lowest BCUT2D eigenvalue weighted by atomic mass is 10.2. The van der Waals surface area contributed by atoms with E-state index in [1.54, 1.807) is 0 Å². The molecule has 0 atom stereocenters. The first-order chi connectivity index (χ1) is 6.57. The van der Waals surface area contributed by atoms with E-state index in [2.05, 4.69) is 33.0 Å². The van der Waals surface area contributed by atoms with E-state index in [4.69, 9.17) is 0 Å². The molecule has 2 heteroatoms. The quantitative estimate of drug-likeness (QED) is 0.668. The van der Waals surface area contributed by atoms with Crippen molar-refractivity contribution >= 4 is 0 Å². The molecule has 84 valence electrons. The monoisotopic (exact) mass is 199 g/mol. The maximum absolute atomic E-state index is 3.54. The molecule has 0 spiro atoms. The topological polar surface area (TPSA) is 12.0 Å². The first kappa shape index (κ1) is 12.0. The number of nitrogens with one attached hydrogen (secondary N) is 1. The highest BCUT2D eigenvalue weighted by Crippen LogP contribution is 2.22. The smallest absolute Gasteiger partial charge is 0.0915 e. The maximum Gasteiger partial charge on any atom is 0.0915 e. The van der Waals surface area contributed by atoms with Crippen molar-refractivity contribution in [1.82, 2.24) is 5.32 Å². The molecule has 0 amide bonds. The minimum atomic E-state index is 0.629. The van der Waals surface area contributed by atoms with Crippen LogP contribution in [0, 0.1) is 0 Å². The van der Waals surface area contributed by atoms with E-state index in [0.29, 0.717) is 6.04 Å². The van der Waals surface area contributed by atoms with Crippen LogP contribution in [-0.4, -0.2) is 42.7 Å². The van der Waals surface area contributed by atoms with Gasteiger partial charge in [0.1, 0.15) is 0 Å². The van der Waals surface area contributed by atoms with Crippen molar-refractivity contribution in [2.24, 2.45) is 0 Å². The lowest BCUT2D eigenvalue weighted by Crippen LogP contribution is -2.54. The highest BCUT2D eigenvalue weighted by atomic mass is 15.4. The number of hydrogen-bond acceptors (Lipinski definition) is 1. The molecule has 0 saturated carbocycles. The molecule has 0 radical (unpaired) electrons. The summed E-state index contributed by atoms with van der Waals surface area (Å²) in [5.41, 5.74) is 0. The molecule has 1 aliphatic heterocycles. The largest absolute Gasteiger partial charge is 0.321 e. The van der Waals surface area contributed by atoms with Crippen molar-refractivity contribution in [2.45, 2.75) is 52.6 Å². The number of hydrogen-bond donors (Lipinski definition) is 1. The van der Waals surface area contributed by atoms with Crippen LogP contribution in [0.4, 0.5) is 0 Å². The second-order valence-corrected chi connectivity index (χ2v) is 5.30. The van der Waals surface area contributed by atoms with E-state index in [-0.39, 0.29) is 0 Å². The molecule has 0 unspecified atom stereocenters. The van der Waals surface area contributed by atoms with Gasteiger partial charge in [-0.2, -0.15) is 0 Å². The third-order valence-corrected chi connectivity index (χ3v) is 3.66. The molecule has 1 N–H and O–H groups in total. The van der Waals surface area contributed by atoms with E-state index in [1.165, 1.54) is 43.5 Å². The minimum absolute atomic E-state index is 0.629. The van der Waals surface area contributed by atoms with Crippen LogP contribution in [0.15, 0.2) is 0 Å². The van der Waals surface area contributed by atoms with Gasteiger partial charge in [-0.15, -0.1) is 0 Å². The summed E-state index contributed by atoms with van der Waals surface area (Å²) in [5, 5.41) is 3.54. The number of likely N-dealkylation sites (tertiary alicyclic amines) is 1. The van der Waals surface area contributed by atoms with Gasteiger partial charge in [0.15, 0.2) is 0 Å². The van der Waals surface area contributed by atoms with Crippen molar-refractivity contribution in [3.05, 3.63) is 0 Å². The van der Waals surface area contributed by atoms with Gasteiger partial charge in [0.25, 0.3) is 0 Å². The van der Waals surface area contributed by atoms with Crippen molar-refractivity contribution in [1.29, 1.82) is 0 Å². The van der Waals surface area contributed by atoms with Crippen molar-refractivity contribution < 1.29 is 4.48 Å². The molecule has 0 bridgehead atoms. The Morgan fingerprint density at radius 3 is 2.07 bits per heavy atom. The molecule has 1 rings (SSSR count). The van der Waals surface area contributed by atoms with Gasteiger partial charge >= 0.3 is 0 Å². The average molecular weight is 199 g/mol. The van der Waals surface area contributed by atoms with E-state index >= 15 is 0 Å². The van der Waals surface area contributed by atoms with Gasteiger partial charge in [-0.3, -0.25) is 0 Å². The lowest BCUT2D eigenvalue weighted by Gasteiger charge is -2.38. The van der Waals surface area contributed by atoms with E-state index in [1.807, 2.05) is 0 Å². The highest BCUT2D eigenvalue weighted by Gasteiger charge is 2.34. The predicted molar refractivity (Wildman–Crippen MR) is 62.4 cm³/mol. The summed E-state index contributed by atoms with van der Waals surface area (Å²) >= 11 is 0. The maximum atomic E-state index is 3.54. The predicted octanol–water partition coefficient (Wildman–Crippen LogP) is 2.00. The SMILES string of the molecule is CC(C)NCC[N+]1(C(C)C)CCCC1. The van der Waals surface area contributed by atoms with Crippen molar-refractivity contribution in [2.75, 3.05) is 26.2 Å². The fourth-order valence-corrected chi connectivity index (χ4v) is 2.54. The normalized spacial score (nSPS) is 21.0. The standard InChI is InChI=1S/C12H27N2/c1-11(2)13-7-10-14(12(3)4)8-5-6-9-14/h11-13H,5-10H2,1-4H3/q+1. The summed E-state index contributed by atoms with van der Waals surface area (Å²) < 4.78 is 1.35. The van der Waals surface area contributed by atoms with Crippen molar-refractivity contribution in [3.8, 4) is 0 Å². The zero-order valence-corrected chi connectivity index (χ0v) is 10.3. The van der Waals surface area contributed by atoms with E-state index in [0.717, 1.165) is 6.04 Å². The number of rotatable bonds is 5. The zero-order valence-electron chi connectivity index (χ0n) is 10.3. The van der Waals surface area contributed by atoms with Crippen LogP contribution in [0.2, 0.25) is 0 Å². The molecular formula is C12H27N2+. The van der Waals surface area contributed by atoms with Gasteiger partial charge in [0, 0.05) is 25.4 Å². The van der Waals surface area contributed by atoms with Crippen LogP contribution < -0.4 is 5.32 Å². The molecular weight excluding hydrogens is 172 g/mol. The molecule has 0 aliphatic carbocycles. The fraction of sp³-hybridized carbons (Fsp3) is 1.00. The Labute approximate surface area is 89.3 Å². The van der Waals surface area contributed by atoms with Crippen LogP contribution in [0.5, 0.6) is 0 Å². The Hall–Kier alpha value is -0.0800. The van der Waals surface area contributed by atoms with E-state index in [9.17, 15) is 0 Å². The Bertz CT molecular complexity index is 158. The van der Waals surface area contributed by atoms with Crippen molar-refractivity contribution in [3.63, 3.8) is 0 Å². The number of quaternary nitrogens is 1. The van der Waals surface area contributed by atoms with Gasteiger partial charge in [0.05, 0.1) is 25.7 Å². The Morgan fingerprint density at radius 2 is 1.64 bits per heavy atom. The Balaban J connectivity index is 2.36. The lowest BCUT2D eigenvalue weighted by molar-refractivity contribution is -0.935. The van der Waals surface area contributed by atoms with Crippen LogP contribution in [0.3, 0.4) is 0 Å². The molecule has 1 heterocycles. The highest BCUT2D eigenvalue weighted by molar-refractivity contribution is 4.61. The van der Waals surface area contributed by atoms with Gasteiger partial charge < -0.3 is 9.80 Å². The van der Waals surface area contributed by atoms with Gasteiger partial charge in [-0.05, 0) is 13.8 Å². The second kappa shape index (κ2) is 5.13. The van der Waals surface area contributed by atoms with E-state index < -0.39 is 0 Å². The first-order valence-electron chi connectivity index (χ1n) is 6.16. The fourth-order valence-electron chi connectivity index (χ4n) is 2.54.